The molecule has 0 saturated carbocycles. The monoisotopic (exact) mass is 486 g/mol. The molecule has 0 saturated heterocycles. The molecule has 0 radical (unpaired) electrons. The maximum Gasteiger partial charge on any atom is 0.261 e. The Morgan fingerprint density at radius 1 is 0.917 bits per heavy atom. The number of benzene rings is 3. The van der Waals surface area contributed by atoms with Crippen molar-refractivity contribution in [3.05, 3.63) is 101 Å². The number of likely N-dealkylation sites (N-methyl/N-ethyl adjacent to an activating group) is 1. The summed E-state index contributed by atoms with van der Waals surface area (Å²) >= 11 is 0. The van der Waals surface area contributed by atoms with Crippen LogP contribution in [0.3, 0.4) is 0 Å². The second kappa shape index (κ2) is 12.4. The van der Waals surface area contributed by atoms with Gasteiger partial charge in [0.15, 0.2) is 6.61 Å². The smallest absolute Gasteiger partial charge is 0.261 e. The molecule has 2 amide bonds. The Balaban J connectivity index is 1.86. The predicted octanol–water partition coefficient (Wildman–Crippen LogP) is 5.45. The van der Waals surface area contributed by atoms with E-state index >= 15 is 0 Å². The lowest BCUT2D eigenvalue weighted by Gasteiger charge is -2.31. The molecule has 3 aromatic rings. The number of carbonyl (C=O) groups is 2. The van der Waals surface area contributed by atoms with Crippen LogP contribution in [0.4, 0.5) is 0 Å². The zero-order chi connectivity index (χ0) is 26.1. The number of hydrogen-bond acceptors (Lipinski definition) is 3. The van der Waals surface area contributed by atoms with Crippen LogP contribution in [0.1, 0.15) is 49.9 Å². The number of ether oxygens (including phenoxy) is 1. The van der Waals surface area contributed by atoms with Gasteiger partial charge in [0.1, 0.15) is 11.8 Å². The molecule has 0 heterocycles. The normalized spacial score (nSPS) is 12.0. The summed E-state index contributed by atoms with van der Waals surface area (Å²) in [7, 11) is 0. The third kappa shape index (κ3) is 7.70. The average molecular weight is 487 g/mol. The summed E-state index contributed by atoms with van der Waals surface area (Å²) < 4.78 is 5.90. The van der Waals surface area contributed by atoms with Crippen LogP contribution in [0, 0.1) is 6.92 Å². The van der Waals surface area contributed by atoms with Crippen molar-refractivity contribution in [2.24, 2.45) is 0 Å². The highest BCUT2D eigenvalue weighted by Crippen LogP contribution is 2.24. The van der Waals surface area contributed by atoms with E-state index in [0.717, 1.165) is 16.7 Å². The zero-order valence-electron chi connectivity index (χ0n) is 22.1. The third-order valence-corrected chi connectivity index (χ3v) is 6.14. The zero-order valence-corrected chi connectivity index (χ0v) is 22.1. The fraction of sp³-hybridized carbons (Fsp3) is 0.355. The summed E-state index contributed by atoms with van der Waals surface area (Å²) in [5, 5.41) is 2.92. The van der Waals surface area contributed by atoms with E-state index in [1.165, 1.54) is 5.56 Å². The summed E-state index contributed by atoms with van der Waals surface area (Å²) in [5.74, 6) is 0.227. The van der Waals surface area contributed by atoms with Crippen molar-refractivity contribution in [3.8, 4) is 5.75 Å². The molecular formula is C31H38N2O3. The number of nitrogens with one attached hydrogen (secondary N) is 1. The highest BCUT2D eigenvalue weighted by molar-refractivity contribution is 5.88. The summed E-state index contributed by atoms with van der Waals surface area (Å²) in [6.45, 7) is 11.0. The van der Waals surface area contributed by atoms with Gasteiger partial charge in [0.05, 0.1) is 0 Å². The Morgan fingerprint density at radius 2 is 1.58 bits per heavy atom. The SMILES string of the molecule is CCNC(=O)[C@@H](Cc1ccccc1)N(Cc1cccc(C)c1)C(=O)COc1ccc(C(C)(C)C)cc1. The standard InChI is InChI=1S/C31H38N2O3/c1-6-32-30(35)28(20-24-12-8-7-9-13-24)33(21-25-14-10-11-23(2)19-25)29(34)22-36-27-17-15-26(16-18-27)31(3,4)5/h7-19,28H,6,20-22H2,1-5H3,(H,32,35)/t28-/m1/s1. The van der Waals surface area contributed by atoms with Crippen LogP contribution in [0.5, 0.6) is 5.75 Å². The molecule has 1 atom stereocenters. The molecule has 0 aliphatic carbocycles. The van der Waals surface area contributed by atoms with Crippen LogP contribution in [-0.2, 0) is 28.0 Å². The van der Waals surface area contributed by atoms with Gasteiger partial charge in [-0.1, -0.05) is 93.1 Å². The van der Waals surface area contributed by atoms with E-state index in [4.69, 9.17) is 4.74 Å². The van der Waals surface area contributed by atoms with Crippen molar-refractivity contribution < 1.29 is 14.3 Å². The first-order valence-electron chi connectivity index (χ1n) is 12.6. The van der Waals surface area contributed by atoms with Crippen LogP contribution < -0.4 is 10.1 Å². The van der Waals surface area contributed by atoms with E-state index < -0.39 is 6.04 Å². The van der Waals surface area contributed by atoms with Crippen molar-refractivity contribution in [3.63, 3.8) is 0 Å². The number of carbonyl (C=O) groups excluding carboxylic acids is 2. The van der Waals surface area contributed by atoms with Crippen molar-refractivity contribution >= 4 is 11.8 Å². The van der Waals surface area contributed by atoms with E-state index in [1.54, 1.807) is 4.90 Å². The minimum absolute atomic E-state index is 0.0380. The van der Waals surface area contributed by atoms with E-state index in [2.05, 4.69) is 26.1 Å². The van der Waals surface area contributed by atoms with Gasteiger partial charge in [-0.15, -0.1) is 0 Å². The van der Waals surface area contributed by atoms with Crippen LogP contribution >= 0.6 is 0 Å². The average Bonchev–Trinajstić information content (AvgIpc) is 2.85. The van der Waals surface area contributed by atoms with Gasteiger partial charge in [-0.25, -0.2) is 0 Å². The lowest BCUT2D eigenvalue weighted by molar-refractivity contribution is -0.142. The minimum atomic E-state index is -0.660. The van der Waals surface area contributed by atoms with E-state index in [1.807, 2.05) is 92.7 Å². The Labute approximate surface area is 215 Å². The molecule has 0 unspecified atom stereocenters. The van der Waals surface area contributed by atoms with Gasteiger partial charge in [-0.3, -0.25) is 9.59 Å². The molecule has 0 spiro atoms. The topological polar surface area (TPSA) is 58.6 Å². The van der Waals surface area contributed by atoms with Gasteiger partial charge in [0.2, 0.25) is 5.91 Å². The lowest BCUT2D eigenvalue weighted by Crippen LogP contribution is -2.51. The number of nitrogens with zero attached hydrogens (tertiary/aromatic N) is 1. The summed E-state index contributed by atoms with van der Waals surface area (Å²) in [4.78, 5) is 28.5. The Kier molecular flexibility index (Phi) is 9.29. The molecule has 0 aliphatic heterocycles. The maximum absolute atomic E-state index is 13.6. The van der Waals surface area contributed by atoms with Gasteiger partial charge in [-0.05, 0) is 48.1 Å². The molecule has 5 heteroatoms. The Hall–Kier alpha value is -3.60. The lowest BCUT2D eigenvalue weighted by atomic mass is 9.87. The molecular weight excluding hydrogens is 448 g/mol. The molecule has 190 valence electrons. The van der Waals surface area contributed by atoms with Crippen LogP contribution in [0.25, 0.3) is 0 Å². The van der Waals surface area contributed by atoms with E-state index in [-0.39, 0.29) is 23.8 Å². The largest absolute Gasteiger partial charge is 0.484 e. The van der Waals surface area contributed by atoms with Gasteiger partial charge in [0.25, 0.3) is 5.91 Å². The molecule has 0 aromatic heterocycles. The van der Waals surface area contributed by atoms with Crippen LogP contribution in [-0.4, -0.2) is 35.9 Å². The van der Waals surface area contributed by atoms with Gasteiger partial charge in [0, 0.05) is 19.5 Å². The van der Waals surface area contributed by atoms with Gasteiger partial charge in [-0.2, -0.15) is 0 Å². The number of amides is 2. The quantitative estimate of drug-likeness (QED) is 0.415. The first kappa shape index (κ1) is 27.0. The van der Waals surface area contributed by atoms with Gasteiger partial charge < -0.3 is 15.0 Å². The molecule has 36 heavy (non-hydrogen) atoms. The minimum Gasteiger partial charge on any atom is -0.484 e. The molecule has 0 bridgehead atoms. The number of aryl methyl sites for hydroxylation is 1. The second-order valence-electron chi connectivity index (χ2n) is 10.2. The fourth-order valence-electron chi connectivity index (χ4n) is 4.13. The highest BCUT2D eigenvalue weighted by atomic mass is 16.5. The summed E-state index contributed by atoms with van der Waals surface area (Å²) in [5.41, 5.74) is 4.31. The third-order valence-electron chi connectivity index (χ3n) is 6.14. The predicted molar refractivity (Wildman–Crippen MR) is 145 cm³/mol. The molecule has 3 aromatic carbocycles. The maximum atomic E-state index is 13.6. The van der Waals surface area contributed by atoms with Crippen molar-refractivity contribution in [2.75, 3.05) is 13.2 Å². The number of rotatable bonds is 10. The fourth-order valence-corrected chi connectivity index (χ4v) is 4.13. The van der Waals surface area contributed by atoms with E-state index in [0.29, 0.717) is 25.3 Å². The Bertz CT molecular complexity index is 1130. The molecule has 1 N–H and O–H groups in total. The first-order chi connectivity index (χ1) is 17.2. The second-order valence-corrected chi connectivity index (χ2v) is 10.2. The number of hydrogen-bond donors (Lipinski definition) is 1. The van der Waals surface area contributed by atoms with Crippen LogP contribution in [0.15, 0.2) is 78.9 Å². The highest BCUT2D eigenvalue weighted by Gasteiger charge is 2.30. The van der Waals surface area contributed by atoms with Crippen molar-refractivity contribution in [1.29, 1.82) is 0 Å². The molecule has 0 fully saturated rings. The van der Waals surface area contributed by atoms with Crippen molar-refractivity contribution in [1.82, 2.24) is 10.2 Å². The first-order valence-corrected chi connectivity index (χ1v) is 12.6. The Morgan fingerprint density at radius 3 is 2.19 bits per heavy atom. The van der Waals surface area contributed by atoms with E-state index in [9.17, 15) is 9.59 Å². The molecule has 3 rings (SSSR count). The summed E-state index contributed by atoms with van der Waals surface area (Å²) in [6.07, 6.45) is 0.421. The van der Waals surface area contributed by atoms with Gasteiger partial charge >= 0.3 is 0 Å². The molecule has 0 aliphatic rings. The molecule has 5 nitrogen and oxygen atoms in total. The van der Waals surface area contributed by atoms with Crippen molar-refractivity contribution in [2.45, 2.75) is 59.0 Å². The summed E-state index contributed by atoms with van der Waals surface area (Å²) in [6, 6.07) is 25.0. The van der Waals surface area contributed by atoms with Crippen LogP contribution in [0.2, 0.25) is 0 Å².